The lowest BCUT2D eigenvalue weighted by atomic mass is 10.2. The van der Waals surface area contributed by atoms with Crippen molar-refractivity contribution in [3.63, 3.8) is 0 Å². The van der Waals surface area contributed by atoms with E-state index in [1.165, 1.54) is 0 Å². The fourth-order valence-electron chi connectivity index (χ4n) is 2.61. The molecule has 1 atom stereocenters. The van der Waals surface area contributed by atoms with Crippen molar-refractivity contribution >= 4 is 47.5 Å². The zero-order valence-corrected chi connectivity index (χ0v) is 16.3. The van der Waals surface area contributed by atoms with Gasteiger partial charge in [0.1, 0.15) is 6.04 Å². The number of hydrogen-bond donors (Lipinski definition) is 2. The first-order valence-corrected chi connectivity index (χ1v) is 7.95. The summed E-state index contributed by atoms with van der Waals surface area (Å²) >= 11 is 0. The summed E-state index contributed by atoms with van der Waals surface area (Å²) in [6.07, 6.45) is 0. The Morgan fingerprint density at radius 2 is 2.15 bits per heavy atom. The minimum atomic E-state index is -0.391. The van der Waals surface area contributed by atoms with Crippen molar-refractivity contribution < 1.29 is 13.9 Å². The van der Waals surface area contributed by atoms with Crippen LogP contribution in [0, 0.1) is 0 Å². The van der Waals surface area contributed by atoms with Gasteiger partial charge in [-0.15, -0.1) is 24.8 Å². The molecule has 2 N–H and O–H groups in total. The molecule has 1 aliphatic rings. The molecule has 1 aliphatic heterocycles. The van der Waals surface area contributed by atoms with Crippen LogP contribution in [-0.2, 0) is 16.1 Å². The van der Waals surface area contributed by atoms with Crippen molar-refractivity contribution in [1.29, 1.82) is 0 Å². The van der Waals surface area contributed by atoms with Gasteiger partial charge in [0.05, 0.1) is 18.7 Å². The maximum atomic E-state index is 12.3. The highest BCUT2D eigenvalue weighted by molar-refractivity contribution is 5.96. The normalized spacial score (nSPS) is 16.8. The van der Waals surface area contributed by atoms with Crippen LogP contribution in [0.5, 0.6) is 0 Å². The monoisotopic (exact) mass is 406 g/mol. The summed E-state index contributed by atoms with van der Waals surface area (Å²) in [5, 5.41) is 5.96. The molecule has 146 valence electrons. The largest absolute Gasteiger partial charge is 0.419 e. The van der Waals surface area contributed by atoms with Crippen LogP contribution >= 0.6 is 24.8 Å². The van der Waals surface area contributed by atoms with Crippen LogP contribution < -0.4 is 16.4 Å². The van der Waals surface area contributed by atoms with Crippen molar-refractivity contribution in [1.82, 2.24) is 14.8 Å². The van der Waals surface area contributed by atoms with Crippen molar-refractivity contribution in [3.8, 4) is 0 Å². The van der Waals surface area contributed by atoms with Crippen molar-refractivity contribution in [2.75, 3.05) is 45.7 Å². The first-order chi connectivity index (χ1) is 11.5. The van der Waals surface area contributed by atoms with Gasteiger partial charge in [-0.3, -0.25) is 9.36 Å². The highest BCUT2D eigenvalue weighted by Gasteiger charge is 2.21. The van der Waals surface area contributed by atoms with Crippen LogP contribution in [-0.4, -0.2) is 61.8 Å². The molecule has 1 unspecified atom stereocenters. The number of oxazole rings is 1. The Hall–Kier alpha value is -1.58. The number of benzene rings is 1. The van der Waals surface area contributed by atoms with Crippen molar-refractivity contribution in [3.05, 3.63) is 28.7 Å². The number of halogens is 2. The lowest BCUT2D eigenvalue weighted by Crippen LogP contribution is -2.48. The molecule has 0 bridgehead atoms. The number of aromatic nitrogens is 1. The molecule has 1 aromatic heterocycles. The van der Waals surface area contributed by atoms with E-state index in [4.69, 9.17) is 9.15 Å². The predicted molar refractivity (Wildman–Crippen MR) is 105 cm³/mol. The number of nitrogens with one attached hydrogen (secondary N) is 2. The first kappa shape index (κ1) is 22.5. The third-order valence-corrected chi connectivity index (χ3v) is 3.94. The van der Waals surface area contributed by atoms with E-state index in [1.54, 1.807) is 22.8 Å². The second kappa shape index (κ2) is 9.94. The number of amides is 1. The third kappa shape index (κ3) is 5.21. The number of ether oxygens (including phenoxy) is 1. The standard InChI is InChI=1S/C16H22N4O4.2ClH/c1-19(2)6-7-20-13-9-11(3-4-14(13)24-16(20)22)18-15(21)12-10-23-8-5-17-12;;/h3-4,9,12,17H,5-8,10H2,1-2H3,(H,18,21);2*1H. The molecule has 0 aliphatic carbocycles. The molecular formula is C16H24Cl2N4O4. The summed E-state index contributed by atoms with van der Waals surface area (Å²) < 4.78 is 12.1. The molecule has 26 heavy (non-hydrogen) atoms. The van der Waals surface area contributed by atoms with Gasteiger partial charge >= 0.3 is 5.76 Å². The number of anilines is 1. The summed E-state index contributed by atoms with van der Waals surface area (Å²) in [5.74, 6) is -0.544. The van der Waals surface area contributed by atoms with Gasteiger partial charge in [0.15, 0.2) is 5.58 Å². The van der Waals surface area contributed by atoms with Crippen LogP contribution in [0.15, 0.2) is 27.4 Å². The number of rotatable bonds is 5. The van der Waals surface area contributed by atoms with Gasteiger partial charge in [-0.05, 0) is 32.3 Å². The van der Waals surface area contributed by atoms with Gasteiger partial charge in [-0.25, -0.2) is 4.79 Å². The van der Waals surface area contributed by atoms with Crippen LogP contribution in [0.1, 0.15) is 0 Å². The fourth-order valence-corrected chi connectivity index (χ4v) is 2.61. The lowest BCUT2D eigenvalue weighted by molar-refractivity contribution is -0.120. The van der Waals surface area contributed by atoms with Gasteiger partial charge in [-0.2, -0.15) is 0 Å². The molecule has 0 radical (unpaired) electrons. The highest BCUT2D eigenvalue weighted by atomic mass is 35.5. The van der Waals surface area contributed by atoms with E-state index < -0.39 is 5.76 Å². The number of morpholine rings is 1. The van der Waals surface area contributed by atoms with E-state index in [1.807, 2.05) is 19.0 Å². The summed E-state index contributed by atoms with van der Waals surface area (Å²) in [6.45, 7) is 2.86. The first-order valence-electron chi connectivity index (χ1n) is 7.95. The minimum absolute atomic E-state index is 0. The van der Waals surface area contributed by atoms with Crippen molar-refractivity contribution in [2.45, 2.75) is 12.6 Å². The Morgan fingerprint density at radius 1 is 1.38 bits per heavy atom. The molecule has 1 amide bonds. The zero-order chi connectivity index (χ0) is 17.1. The Labute approximate surface area is 163 Å². The molecule has 10 heteroatoms. The predicted octanol–water partition coefficient (Wildman–Crippen LogP) is 0.927. The molecule has 1 saturated heterocycles. The molecule has 1 fully saturated rings. The molecule has 2 aromatic rings. The summed E-state index contributed by atoms with van der Waals surface area (Å²) in [6, 6.07) is 4.82. The van der Waals surface area contributed by atoms with E-state index in [0.29, 0.717) is 49.6 Å². The Balaban J connectivity index is 0.00000169. The number of likely N-dealkylation sites (N-methyl/N-ethyl adjacent to an activating group) is 1. The quantitative estimate of drug-likeness (QED) is 0.767. The second-order valence-electron chi connectivity index (χ2n) is 6.08. The fraction of sp³-hybridized carbons (Fsp3) is 0.500. The van der Waals surface area contributed by atoms with Gasteiger partial charge in [0, 0.05) is 25.3 Å². The second-order valence-corrected chi connectivity index (χ2v) is 6.08. The number of nitrogens with zero attached hydrogens (tertiary/aromatic N) is 2. The Kier molecular flexibility index (Phi) is 8.58. The third-order valence-electron chi connectivity index (χ3n) is 3.94. The van der Waals surface area contributed by atoms with Gasteiger partial charge in [0.25, 0.3) is 0 Å². The van der Waals surface area contributed by atoms with Gasteiger partial charge < -0.3 is 24.7 Å². The Morgan fingerprint density at radius 3 is 2.81 bits per heavy atom. The van der Waals surface area contributed by atoms with E-state index in [2.05, 4.69) is 10.6 Å². The summed E-state index contributed by atoms with van der Waals surface area (Å²) in [5.41, 5.74) is 1.81. The number of fused-ring (bicyclic) bond motifs is 1. The molecule has 8 nitrogen and oxygen atoms in total. The van der Waals surface area contributed by atoms with Crippen LogP contribution in [0.2, 0.25) is 0 Å². The smallest absolute Gasteiger partial charge is 0.408 e. The van der Waals surface area contributed by atoms with E-state index in [0.717, 1.165) is 0 Å². The molecular weight excluding hydrogens is 383 g/mol. The van der Waals surface area contributed by atoms with E-state index >= 15 is 0 Å². The number of carbonyl (C=O) groups is 1. The van der Waals surface area contributed by atoms with Crippen LogP contribution in [0.3, 0.4) is 0 Å². The van der Waals surface area contributed by atoms with Crippen LogP contribution in [0.25, 0.3) is 11.1 Å². The molecule has 1 aromatic carbocycles. The maximum Gasteiger partial charge on any atom is 0.419 e. The average Bonchev–Trinajstić information content (AvgIpc) is 2.88. The Bertz CT molecular complexity index is 784. The topological polar surface area (TPSA) is 88.7 Å². The maximum absolute atomic E-state index is 12.3. The molecule has 0 spiro atoms. The zero-order valence-electron chi connectivity index (χ0n) is 14.7. The molecule has 2 heterocycles. The van der Waals surface area contributed by atoms with Gasteiger partial charge in [0.2, 0.25) is 5.91 Å². The summed E-state index contributed by atoms with van der Waals surface area (Å²) in [4.78, 5) is 26.2. The highest BCUT2D eigenvalue weighted by Crippen LogP contribution is 2.19. The number of hydrogen-bond acceptors (Lipinski definition) is 6. The summed E-state index contributed by atoms with van der Waals surface area (Å²) in [7, 11) is 3.89. The SMILES string of the molecule is CN(C)CCn1c(=O)oc2ccc(NC(=O)C3COCCN3)cc21.Cl.Cl. The molecule has 0 saturated carbocycles. The van der Waals surface area contributed by atoms with Crippen molar-refractivity contribution in [2.24, 2.45) is 0 Å². The van der Waals surface area contributed by atoms with Gasteiger partial charge in [-0.1, -0.05) is 0 Å². The minimum Gasteiger partial charge on any atom is -0.408 e. The van der Waals surface area contributed by atoms with E-state index in [9.17, 15) is 9.59 Å². The lowest BCUT2D eigenvalue weighted by Gasteiger charge is -2.22. The van der Waals surface area contributed by atoms with E-state index in [-0.39, 0.29) is 36.8 Å². The molecule has 3 rings (SSSR count). The van der Waals surface area contributed by atoms with Crippen LogP contribution in [0.4, 0.5) is 5.69 Å². The number of carbonyl (C=O) groups excluding carboxylic acids is 1. The average molecular weight is 407 g/mol.